The van der Waals surface area contributed by atoms with Crippen LogP contribution >= 0.6 is 0 Å². The lowest BCUT2D eigenvalue weighted by Gasteiger charge is -2.32. The number of likely N-dealkylation sites (N-methyl/N-ethyl adjacent to an activating group) is 1. The number of nitrogens with zero attached hydrogens (tertiary/aromatic N) is 2. The van der Waals surface area contributed by atoms with Gasteiger partial charge in [0.2, 0.25) is 10.0 Å². The summed E-state index contributed by atoms with van der Waals surface area (Å²) in [5.74, 6) is -0.554. The number of carbonyl (C=O) groups excluding carboxylic acids is 1. The van der Waals surface area contributed by atoms with Crippen molar-refractivity contribution in [2.75, 3.05) is 34.3 Å². The van der Waals surface area contributed by atoms with Crippen LogP contribution in [0.3, 0.4) is 0 Å². The standard InChI is InChI=1S/C24H32FN3O4S/c1-17-8-5-6-13-28(17)33(30,31)23-15-19(11-12-22(23)32-4)24(29)26-16-21(27(2)3)18-9-7-10-20(25)14-18/h7,9-12,14-15,17,21H,5-6,8,13,16H2,1-4H3,(H,26,29)/t17-,21-/m1/s1. The lowest BCUT2D eigenvalue weighted by molar-refractivity contribution is 0.0941. The number of amides is 1. The van der Waals surface area contributed by atoms with Gasteiger partial charge in [-0.15, -0.1) is 0 Å². The van der Waals surface area contributed by atoms with Crippen LogP contribution in [0.4, 0.5) is 4.39 Å². The summed E-state index contributed by atoms with van der Waals surface area (Å²) in [4.78, 5) is 14.8. The van der Waals surface area contributed by atoms with Crippen LogP contribution < -0.4 is 10.1 Å². The smallest absolute Gasteiger partial charge is 0.251 e. The maximum absolute atomic E-state index is 13.7. The molecule has 1 amide bonds. The van der Waals surface area contributed by atoms with Crippen LogP contribution in [-0.2, 0) is 10.0 Å². The molecule has 7 nitrogen and oxygen atoms in total. The molecule has 0 aliphatic carbocycles. The number of nitrogens with one attached hydrogen (secondary N) is 1. The molecule has 2 aromatic carbocycles. The highest BCUT2D eigenvalue weighted by Gasteiger charge is 2.33. The van der Waals surface area contributed by atoms with Crippen molar-refractivity contribution in [2.45, 2.75) is 43.2 Å². The molecule has 3 rings (SSSR count). The van der Waals surface area contributed by atoms with E-state index in [0.29, 0.717) is 6.54 Å². The van der Waals surface area contributed by atoms with Crippen molar-refractivity contribution in [1.82, 2.24) is 14.5 Å². The molecule has 0 saturated carbocycles. The Bertz CT molecular complexity index is 1090. The third-order valence-corrected chi connectivity index (χ3v) is 8.10. The maximum Gasteiger partial charge on any atom is 0.251 e. The average Bonchev–Trinajstić information content (AvgIpc) is 2.78. The maximum atomic E-state index is 13.7. The molecule has 0 bridgehead atoms. The SMILES string of the molecule is COc1ccc(C(=O)NC[C@H](c2cccc(F)c2)N(C)C)cc1S(=O)(=O)N1CCCC[C@H]1C. The molecule has 1 aliphatic heterocycles. The summed E-state index contributed by atoms with van der Waals surface area (Å²) in [7, 11) is 1.28. The van der Waals surface area contributed by atoms with E-state index in [9.17, 15) is 17.6 Å². The van der Waals surface area contributed by atoms with Gasteiger partial charge in [0.05, 0.1) is 13.2 Å². The van der Waals surface area contributed by atoms with E-state index in [4.69, 9.17) is 4.74 Å². The molecule has 1 heterocycles. The fraction of sp³-hybridized carbons (Fsp3) is 0.458. The second kappa shape index (κ2) is 10.6. The van der Waals surface area contributed by atoms with Crippen molar-refractivity contribution in [3.05, 3.63) is 59.4 Å². The summed E-state index contributed by atoms with van der Waals surface area (Å²) >= 11 is 0. The number of hydrogen-bond donors (Lipinski definition) is 1. The molecule has 2 atom stereocenters. The number of rotatable bonds is 8. The predicted octanol–water partition coefficient (Wildman–Crippen LogP) is 3.43. The Hall–Kier alpha value is -2.49. The molecule has 0 spiro atoms. The summed E-state index contributed by atoms with van der Waals surface area (Å²) in [5, 5.41) is 2.85. The van der Waals surface area contributed by atoms with Crippen molar-refractivity contribution < 1.29 is 22.3 Å². The molecule has 9 heteroatoms. The lowest BCUT2D eigenvalue weighted by atomic mass is 10.1. The minimum Gasteiger partial charge on any atom is -0.495 e. The second-order valence-corrected chi connectivity index (χ2v) is 10.4. The van der Waals surface area contributed by atoms with E-state index in [1.165, 1.54) is 35.7 Å². The molecule has 0 unspecified atom stereocenters. The van der Waals surface area contributed by atoms with Crippen LogP contribution in [0.5, 0.6) is 5.75 Å². The summed E-state index contributed by atoms with van der Waals surface area (Å²) in [6, 6.07) is 10.3. The molecular weight excluding hydrogens is 445 g/mol. The molecule has 2 aromatic rings. The monoisotopic (exact) mass is 477 g/mol. The van der Waals surface area contributed by atoms with E-state index >= 15 is 0 Å². The fourth-order valence-electron chi connectivity index (χ4n) is 4.18. The van der Waals surface area contributed by atoms with Gasteiger partial charge < -0.3 is 15.0 Å². The highest BCUT2D eigenvalue weighted by atomic mass is 32.2. The van der Waals surface area contributed by atoms with Crippen molar-refractivity contribution in [2.24, 2.45) is 0 Å². The Morgan fingerprint density at radius 3 is 2.64 bits per heavy atom. The van der Waals surface area contributed by atoms with Crippen LogP contribution in [0.2, 0.25) is 0 Å². The van der Waals surface area contributed by atoms with Crippen LogP contribution in [0.15, 0.2) is 47.4 Å². The number of hydrogen-bond acceptors (Lipinski definition) is 5. The van der Waals surface area contributed by atoms with Crippen LogP contribution in [0.1, 0.15) is 48.1 Å². The van der Waals surface area contributed by atoms with Gasteiger partial charge in [-0.2, -0.15) is 4.31 Å². The Kier molecular flexibility index (Phi) is 8.10. The second-order valence-electron chi connectivity index (χ2n) is 8.57. The molecule has 1 aliphatic rings. The molecule has 1 saturated heterocycles. The normalized spacial score (nSPS) is 18.2. The minimum atomic E-state index is -3.82. The number of sulfonamides is 1. The first-order chi connectivity index (χ1) is 15.6. The van der Waals surface area contributed by atoms with Gasteiger partial charge >= 0.3 is 0 Å². The number of ether oxygens (including phenoxy) is 1. The summed E-state index contributed by atoms with van der Waals surface area (Å²) < 4.78 is 47.3. The first-order valence-corrected chi connectivity index (χ1v) is 12.5. The largest absolute Gasteiger partial charge is 0.495 e. The van der Waals surface area contributed by atoms with Crippen molar-refractivity contribution in [3.63, 3.8) is 0 Å². The first kappa shape index (κ1) is 25.1. The minimum absolute atomic E-state index is 0.0132. The number of benzene rings is 2. The van der Waals surface area contributed by atoms with E-state index in [0.717, 1.165) is 24.8 Å². The van der Waals surface area contributed by atoms with Crippen molar-refractivity contribution in [1.29, 1.82) is 0 Å². The zero-order valence-electron chi connectivity index (χ0n) is 19.5. The molecule has 0 aromatic heterocycles. The summed E-state index contributed by atoms with van der Waals surface area (Å²) in [5.41, 5.74) is 0.952. The van der Waals surface area contributed by atoms with E-state index in [-0.39, 0.29) is 40.7 Å². The Balaban J connectivity index is 1.84. The van der Waals surface area contributed by atoms with E-state index in [1.807, 2.05) is 25.9 Å². The number of methoxy groups -OCH3 is 1. The van der Waals surface area contributed by atoms with E-state index in [2.05, 4.69) is 5.32 Å². The molecule has 33 heavy (non-hydrogen) atoms. The van der Waals surface area contributed by atoms with Gasteiger partial charge in [-0.05, 0) is 69.8 Å². The zero-order valence-corrected chi connectivity index (χ0v) is 20.4. The molecular formula is C24H32FN3O4S. The third kappa shape index (κ3) is 5.72. The number of carbonyl (C=O) groups is 1. The van der Waals surface area contributed by atoms with Gasteiger partial charge in [0.25, 0.3) is 5.91 Å². The summed E-state index contributed by atoms with van der Waals surface area (Å²) in [6.45, 7) is 2.57. The van der Waals surface area contributed by atoms with Crippen molar-refractivity contribution in [3.8, 4) is 5.75 Å². The van der Waals surface area contributed by atoms with Gasteiger partial charge in [-0.1, -0.05) is 18.6 Å². The fourth-order valence-corrected chi connectivity index (χ4v) is 6.06. The Labute approximate surface area is 195 Å². The van der Waals surface area contributed by atoms with E-state index in [1.54, 1.807) is 18.2 Å². The molecule has 180 valence electrons. The lowest BCUT2D eigenvalue weighted by Crippen LogP contribution is -2.42. The predicted molar refractivity (Wildman–Crippen MR) is 125 cm³/mol. The zero-order chi connectivity index (χ0) is 24.2. The third-order valence-electron chi connectivity index (χ3n) is 6.07. The van der Waals surface area contributed by atoms with Crippen LogP contribution in [-0.4, -0.2) is 63.9 Å². The summed E-state index contributed by atoms with van der Waals surface area (Å²) in [6.07, 6.45) is 2.59. The molecule has 1 N–H and O–H groups in total. The van der Waals surface area contributed by atoms with Gasteiger partial charge in [0.1, 0.15) is 16.5 Å². The van der Waals surface area contributed by atoms with Gasteiger partial charge in [-0.25, -0.2) is 12.8 Å². The quantitative estimate of drug-likeness (QED) is 0.630. The van der Waals surface area contributed by atoms with Gasteiger partial charge in [0, 0.05) is 24.7 Å². The Morgan fingerprint density at radius 2 is 2.00 bits per heavy atom. The molecule has 0 radical (unpaired) electrons. The number of piperidine rings is 1. The van der Waals surface area contributed by atoms with Gasteiger partial charge in [-0.3, -0.25) is 4.79 Å². The molecule has 1 fully saturated rings. The first-order valence-electron chi connectivity index (χ1n) is 11.0. The highest BCUT2D eigenvalue weighted by molar-refractivity contribution is 7.89. The van der Waals surface area contributed by atoms with Crippen LogP contribution in [0, 0.1) is 5.82 Å². The Morgan fingerprint density at radius 1 is 1.24 bits per heavy atom. The van der Waals surface area contributed by atoms with Crippen molar-refractivity contribution >= 4 is 15.9 Å². The average molecular weight is 478 g/mol. The number of halogens is 1. The highest BCUT2D eigenvalue weighted by Crippen LogP contribution is 2.31. The topological polar surface area (TPSA) is 79.0 Å². The van der Waals surface area contributed by atoms with Gasteiger partial charge in [0.15, 0.2) is 0 Å². The van der Waals surface area contributed by atoms with Crippen LogP contribution in [0.25, 0.3) is 0 Å². The van der Waals surface area contributed by atoms with E-state index < -0.39 is 15.9 Å².